The van der Waals surface area contributed by atoms with Crippen LogP contribution >= 0.6 is 0 Å². The van der Waals surface area contributed by atoms with Crippen molar-refractivity contribution >= 4 is 23.5 Å². The van der Waals surface area contributed by atoms with Crippen molar-refractivity contribution < 1.29 is 19.1 Å². The first kappa shape index (κ1) is 20.4. The third kappa shape index (κ3) is 4.23. The van der Waals surface area contributed by atoms with Crippen LogP contribution < -0.4 is 15.4 Å². The van der Waals surface area contributed by atoms with E-state index in [-0.39, 0.29) is 6.54 Å². The van der Waals surface area contributed by atoms with Gasteiger partial charge in [-0.05, 0) is 48.7 Å². The van der Waals surface area contributed by atoms with Gasteiger partial charge in [0.05, 0.1) is 7.11 Å². The maximum atomic E-state index is 13.0. The van der Waals surface area contributed by atoms with Crippen molar-refractivity contribution in [1.29, 1.82) is 0 Å². The fraction of sp³-hybridized carbons (Fsp3) is 0.318. The van der Waals surface area contributed by atoms with E-state index in [0.717, 1.165) is 17.7 Å². The first-order valence-corrected chi connectivity index (χ1v) is 9.55. The zero-order valence-corrected chi connectivity index (χ0v) is 16.8. The minimum Gasteiger partial charge on any atom is -0.497 e. The molecule has 2 aromatic carbocycles. The Kier molecular flexibility index (Phi) is 5.87. The van der Waals surface area contributed by atoms with E-state index in [2.05, 4.69) is 17.6 Å². The largest absolute Gasteiger partial charge is 0.497 e. The standard InChI is InChI=1S/C22H25N3O4/c1-4-5-15-6-8-16(9-7-15)22(2)20(27)25(21(28)24-22)14-19(26)23-17-10-12-18(29-3)13-11-17/h6-13H,4-5,14H2,1-3H3,(H,23,26)(H,24,28)/t22-/m1/s1. The number of rotatable bonds is 7. The maximum absolute atomic E-state index is 13.0. The van der Waals surface area contributed by atoms with Crippen LogP contribution in [0, 0.1) is 0 Å². The number of amides is 4. The number of methoxy groups -OCH3 is 1. The Morgan fingerprint density at radius 1 is 1.10 bits per heavy atom. The van der Waals surface area contributed by atoms with Gasteiger partial charge in [-0.3, -0.25) is 14.5 Å². The van der Waals surface area contributed by atoms with Crippen molar-refractivity contribution in [2.75, 3.05) is 19.0 Å². The number of anilines is 1. The highest BCUT2D eigenvalue weighted by molar-refractivity contribution is 6.10. The lowest BCUT2D eigenvalue weighted by atomic mass is 9.91. The molecule has 1 aliphatic rings. The molecule has 1 atom stereocenters. The van der Waals surface area contributed by atoms with Crippen LogP contribution in [0.1, 0.15) is 31.4 Å². The number of urea groups is 1. The molecule has 0 radical (unpaired) electrons. The monoisotopic (exact) mass is 395 g/mol. The summed E-state index contributed by atoms with van der Waals surface area (Å²) in [6.07, 6.45) is 1.98. The van der Waals surface area contributed by atoms with Crippen LogP contribution in [-0.2, 0) is 21.5 Å². The van der Waals surface area contributed by atoms with Crippen LogP contribution in [0.3, 0.4) is 0 Å². The van der Waals surface area contributed by atoms with Gasteiger partial charge in [-0.2, -0.15) is 0 Å². The van der Waals surface area contributed by atoms with Crippen molar-refractivity contribution in [1.82, 2.24) is 10.2 Å². The van der Waals surface area contributed by atoms with Gasteiger partial charge in [0.25, 0.3) is 5.91 Å². The number of carbonyl (C=O) groups excluding carboxylic acids is 3. The molecule has 0 unspecified atom stereocenters. The number of hydrogen-bond acceptors (Lipinski definition) is 4. The highest BCUT2D eigenvalue weighted by Crippen LogP contribution is 2.29. The van der Waals surface area contributed by atoms with Gasteiger partial charge in [0, 0.05) is 5.69 Å². The Morgan fingerprint density at radius 3 is 2.34 bits per heavy atom. The molecule has 0 spiro atoms. The summed E-state index contributed by atoms with van der Waals surface area (Å²) in [6.45, 7) is 3.40. The molecule has 2 aromatic rings. The lowest BCUT2D eigenvalue weighted by molar-refractivity contribution is -0.133. The summed E-state index contributed by atoms with van der Waals surface area (Å²) in [5.74, 6) is -0.241. The van der Waals surface area contributed by atoms with E-state index in [4.69, 9.17) is 4.74 Å². The van der Waals surface area contributed by atoms with E-state index >= 15 is 0 Å². The highest BCUT2D eigenvalue weighted by Gasteiger charge is 2.49. The topological polar surface area (TPSA) is 87.7 Å². The second-order valence-corrected chi connectivity index (χ2v) is 7.17. The average molecular weight is 395 g/mol. The van der Waals surface area contributed by atoms with Crippen LogP contribution in [0.15, 0.2) is 48.5 Å². The summed E-state index contributed by atoms with van der Waals surface area (Å²) in [6, 6.07) is 13.8. The van der Waals surface area contributed by atoms with Crippen molar-refractivity contribution in [2.24, 2.45) is 0 Å². The Hall–Kier alpha value is -3.35. The fourth-order valence-electron chi connectivity index (χ4n) is 3.35. The number of nitrogens with one attached hydrogen (secondary N) is 2. The van der Waals surface area contributed by atoms with E-state index in [1.807, 2.05) is 24.3 Å². The van der Waals surface area contributed by atoms with Crippen LogP contribution in [0.4, 0.5) is 10.5 Å². The molecule has 1 fully saturated rings. The smallest absolute Gasteiger partial charge is 0.325 e. The molecule has 4 amide bonds. The molecule has 2 N–H and O–H groups in total. The van der Waals surface area contributed by atoms with E-state index < -0.39 is 23.4 Å². The second kappa shape index (κ2) is 8.34. The number of benzene rings is 2. The SMILES string of the molecule is CCCc1ccc([C@@]2(C)NC(=O)N(CC(=O)Nc3ccc(OC)cc3)C2=O)cc1. The molecule has 29 heavy (non-hydrogen) atoms. The third-order valence-electron chi connectivity index (χ3n) is 5.02. The lowest BCUT2D eigenvalue weighted by Crippen LogP contribution is -2.42. The zero-order chi connectivity index (χ0) is 21.0. The summed E-state index contributed by atoms with van der Waals surface area (Å²) < 4.78 is 5.08. The van der Waals surface area contributed by atoms with E-state index in [1.165, 1.54) is 5.56 Å². The number of ether oxygens (including phenoxy) is 1. The Labute approximate surface area is 170 Å². The van der Waals surface area contributed by atoms with Gasteiger partial charge in [0.2, 0.25) is 5.91 Å². The summed E-state index contributed by atoms with van der Waals surface area (Å²) >= 11 is 0. The third-order valence-corrected chi connectivity index (χ3v) is 5.02. The molecule has 1 heterocycles. The van der Waals surface area contributed by atoms with Crippen molar-refractivity contribution in [3.8, 4) is 5.75 Å². The Balaban J connectivity index is 1.69. The summed E-state index contributed by atoms with van der Waals surface area (Å²) in [4.78, 5) is 38.7. The summed E-state index contributed by atoms with van der Waals surface area (Å²) in [5, 5.41) is 5.40. The molecular weight excluding hydrogens is 370 g/mol. The van der Waals surface area contributed by atoms with Crippen molar-refractivity contribution in [2.45, 2.75) is 32.2 Å². The quantitative estimate of drug-likeness (QED) is 0.706. The fourth-order valence-corrected chi connectivity index (χ4v) is 3.35. The van der Waals surface area contributed by atoms with E-state index in [9.17, 15) is 14.4 Å². The number of imide groups is 1. The van der Waals surface area contributed by atoms with Crippen LogP contribution in [0.5, 0.6) is 5.75 Å². The molecule has 7 nitrogen and oxygen atoms in total. The van der Waals surface area contributed by atoms with Crippen LogP contribution in [0.25, 0.3) is 0 Å². The van der Waals surface area contributed by atoms with Crippen molar-refractivity contribution in [3.05, 3.63) is 59.7 Å². The van der Waals surface area contributed by atoms with Gasteiger partial charge in [0.15, 0.2) is 0 Å². The number of carbonyl (C=O) groups is 3. The van der Waals surface area contributed by atoms with Crippen LogP contribution in [-0.4, -0.2) is 36.4 Å². The molecule has 3 rings (SSSR count). The van der Waals surface area contributed by atoms with E-state index in [1.54, 1.807) is 38.3 Å². The molecule has 152 valence electrons. The average Bonchev–Trinajstić information content (AvgIpc) is 2.93. The number of nitrogens with zero attached hydrogens (tertiary/aromatic N) is 1. The predicted molar refractivity (Wildman–Crippen MR) is 110 cm³/mol. The first-order chi connectivity index (χ1) is 13.9. The van der Waals surface area contributed by atoms with Gasteiger partial charge in [-0.15, -0.1) is 0 Å². The molecule has 1 saturated heterocycles. The second-order valence-electron chi connectivity index (χ2n) is 7.17. The Bertz CT molecular complexity index is 909. The molecule has 0 aromatic heterocycles. The lowest BCUT2D eigenvalue weighted by Gasteiger charge is -2.22. The molecule has 0 aliphatic carbocycles. The van der Waals surface area contributed by atoms with E-state index in [0.29, 0.717) is 17.0 Å². The van der Waals surface area contributed by atoms with Crippen LogP contribution in [0.2, 0.25) is 0 Å². The first-order valence-electron chi connectivity index (χ1n) is 9.55. The highest BCUT2D eigenvalue weighted by atomic mass is 16.5. The van der Waals surface area contributed by atoms with Gasteiger partial charge >= 0.3 is 6.03 Å². The molecule has 0 bridgehead atoms. The molecule has 1 aliphatic heterocycles. The maximum Gasteiger partial charge on any atom is 0.325 e. The minimum atomic E-state index is -1.19. The molecule has 7 heteroatoms. The number of hydrogen-bond donors (Lipinski definition) is 2. The minimum absolute atomic E-state index is 0.361. The van der Waals surface area contributed by atoms with Gasteiger partial charge in [0.1, 0.15) is 17.8 Å². The molecule has 0 saturated carbocycles. The predicted octanol–water partition coefficient (Wildman–Crippen LogP) is 3.05. The zero-order valence-electron chi connectivity index (χ0n) is 16.8. The van der Waals surface area contributed by atoms with Gasteiger partial charge in [-0.25, -0.2) is 4.79 Å². The summed E-state index contributed by atoms with van der Waals surface area (Å²) in [7, 11) is 1.56. The number of aryl methyl sites for hydroxylation is 1. The normalized spacial score (nSPS) is 18.5. The molecular formula is C22H25N3O4. The summed E-state index contributed by atoms with van der Waals surface area (Å²) in [5.41, 5.74) is 1.22. The van der Waals surface area contributed by atoms with Crippen molar-refractivity contribution in [3.63, 3.8) is 0 Å². The Morgan fingerprint density at radius 2 is 1.76 bits per heavy atom. The van der Waals surface area contributed by atoms with Gasteiger partial charge in [-0.1, -0.05) is 37.6 Å². The van der Waals surface area contributed by atoms with Gasteiger partial charge < -0.3 is 15.4 Å².